The summed E-state index contributed by atoms with van der Waals surface area (Å²) in [6.45, 7) is 2.45. The molecule has 0 fully saturated rings. The van der Waals surface area contributed by atoms with Gasteiger partial charge in [-0.1, -0.05) is 11.6 Å². The monoisotopic (exact) mass is 243 g/mol. The lowest BCUT2D eigenvalue weighted by atomic mass is 10.2. The predicted octanol–water partition coefficient (Wildman–Crippen LogP) is 2.02. The third kappa shape index (κ3) is 3.40. The average Bonchev–Trinajstić information content (AvgIpc) is 2.26. The van der Waals surface area contributed by atoms with Crippen molar-refractivity contribution in [2.24, 2.45) is 0 Å². The molecule has 0 spiro atoms. The van der Waals surface area contributed by atoms with Gasteiger partial charge in [-0.25, -0.2) is 4.79 Å². The van der Waals surface area contributed by atoms with E-state index < -0.39 is 5.97 Å². The molecule has 0 aliphatic carbocycles. The number of carbonyl (C=O) groups is 1. The molecule has 0 radical (unpaired) electrons. The number of halogens is 1. The van der Waals surface area contributed by atoms with Gasteiger partial charge in [0, 0.05) is 6.04 Å². The van der Waals surface area contributed by atoms with Crippen LogP contribution in [0.3, 0.4) is 0 Å². The van der Waals surface area contributed by atoms with E-state index in [1.54, 1.807) is 6.07 Å². The van der Waals surface area contributed by atoms with Crippen LogP contribution in [0.15, 0.2) is 18.2 Å². The molecule has 5 heteroatoms. The van der Waals surface area contributed by atoms with E-state index in [2.05, 4.69) is 5.32 Å². The summed E-state index contributed by atoms with van der Waals surface area (Å²) in [4.78, 5) is 10.7. The molecule has 0 bridgehead atoms. The van der Waals surface area contributed by atoms with Crippen molar-refractivity contribution >= 4 is 17.6 Å². The quantitative estimate of drug-likeness (QED) is 0.831. The lowest BCUT2D eigenvalue weighted by Crippen LogP contribution is -2.28. The Balaban J connectivity index is 2.72. The predicted molar refractivity (Wildman–Crippen MR) is 62.4 cm³/mol. The minimum atomic E-state index is -1.00. The van der Waals surface area contributed by atoms with E-state index in [4.69, 9.17) is 21.4 Å². The van der Waals surface area contributed by atoms with Gasteiger partial charge in [-0.15, -0.1) is 0 Å². The number of likely N-dealkylation sites (N-methyl/N-ethyl adjacent to an activating group) is 1. The Bertz CT molecular complexity index is 381. The van der Waals surface area contributed by atoms with Crippen molar-refractivity contribution < 1.29 is 14.6 Å². The van der Waals surface area contributed by atoms with Crippen LogP contribution in [-0.2, 0) is 0 Å². The highest BCUT2D eigenvalue weighted by molar-refractivity contribution is 6.32. The number of hydrogen-bond donors (Lipinski definition) is 2. The summed E-state index contributed by atoms with van der Waals surface area (Å²) in [5.41, 5.74) is 0.152. The first-order valence-corrected chi connectivity index (χ1v) is 5.25. The molecule has 0 aromatic heterocycles. The van der Waals surface area contributed by atoms with Gasteiger partial charge < -0.3 is 15.2 Å². The molecule has 0 amide bonds. The highest BCUT2D eigenvalue weighted by Crippen LogP contribution is 2.25. The molecule has 4 nitrogen and oxygen atoms in total. The number of aromatic carboxylic acids is 1. The van der Waals surface area contributed by atoms with Crippen molar-refractivity contribution in [2.45, 2.75) is 13.0 Å². The van der Waals surface area contributed by atoms with E-state index in [9.17, 15) is 4.79 Å². The summed E-state index contributed by atoms with van der Waals surface area (Å²) in [6, 6.07) is 4.61. The van der Waals surface area contributed by atoms with E-state index in [1.165, 1.54) is 12.1 Å². The van der Waals surface area contributed by atoms with Crippen LogP contribution < -0.4 is 10.1 Å². The van der Waals surface area contributed by atoms with Crippen LogP contribution in [0.2, 0.25) is 5.02 Å². The molecule has 0 saturated carbocycles. The van der Waals surface area contributed by atoms with Gasteiger partial charge in [-0.3, -0.25) is 0 Å². The number of ether oxygens (including phenoxy) is 1. The molecule has 1 aromatic rings. The van der Waals surface area contributed by atoms with Crippen molar-refractivity contribution in [3.63, 3.8) is 0 Å². The number of carboxylic acids is 1. The number of nitrogens with one attached hydrogen (secondary N) is 1. The standard InChI is InChI=1S/C11H14ClNO3/c1-7(13-2)6-16-10-4-3-8(11(14)15)5-9(10)12/h3-5,7,13H,6H2,1-2H3,(H,14,15)/t7-/m0/s1. The third-order valence-corrected chi connectivity index (χ3v) is 2.46. The van der Waals surface area contributed by atoms with Gasteiger partial charge in [0.1, 0.15) is 12.4 Å². The van der Waals surface area contributed by atoms with Gasteiger partial charge in [0.2, 0.25) is 0 Å². The van der Waals surface area contributed by atoms with Crippen LogP contribution in [0.25, 0.3) is 0 Å². The maximum Gasteiger partial charge on any atom is 0.335 e. The second-order valence-electron chi connectivity index (χ2n) is 3.45. The average molecular weight is 244 g/mol. The minimum absolute atomic E-state index is 0.152. The minimum Gasteiger partial charge on any atom is -0.490 e. The van der Waals surface area contributed by atoms with Gasteiger partial charge in [0.15, 0.2) is 0 Å². The molecule has 0 unspecified atom stereocenters. The zero-order valence-electron chi connectivity index (χ0n) is 9.16. The Morgan fingerprint density at radius 2 is 2.31 bits per heavy atom. The smallest absolute Gasteiger partial charge is 0.335 e. The summed E-state index contributed by atoms with van der Waals surface area (Å²) < 4.78 is 5.44. The second-order valence-corrected chi connectivity index (χ2v) is 3.86. The fraction of sp³-hybridized carbons (Fsp3) is 0.364. The molecule has 1 rings (SSSR count). The Morgan fingerprint density at radius 3 is 2.81 bits per heavy atom. The van der Waals surface area contributed by atoms with Crippen molar-refractivity contribution in [3.8, 4) is 5.75 Å². The zero-order valence-corrected chi connectivity index (χ0v) is 9.91. The van der Waals surface area contributed by atoms with Crippen LogP contribution in [0.4, 0.5) is 0 Å². The molecular weight excluding hydrogens is 230 g/mol. The molecule has 0 aliphatic heterocycles. The zero-order chi connectivity index (χ0) is 12.1. The largest absolute Gasteiger partial charge is 0.490 e. The molecule has 2 N–H and O–H groups in total. The Labute approximate surface area is 99.2 Å². The van der Waals surface area contributed by atoms with E-state index in [0.717, 1.165) is 0 Å². The van der Waals surface area contributed by atoms with Gasteiger partial charge in [-0.05, 0) is 32.2 Å². The maximum absolute atomic E-state index is 10.7. The molecule has 0 saturated heterocycles. The van der Waals surface area contributed by atoms with E-state index in [-0.39, 0.29) is 11.6 Å². The van der Waals surface area contributed by atoms with Crippen molar-refractivity contribution in [1.82, 2.24) is 5.32 Å². The molecule has 0 heterocycles. The molecular formula is C11H14ClNO3. The Hall–Kier alpha value is -1.26. The lowest BCUT2D eigenvalue weighted by Gasteiger charge is -2.13. The summed E-state index contributed by atoms with van der Waals surface area (Å²) in [5.74, 6) is -0.509. The van der Waals surface area contributed by atoms with Crippen LogP contribution in [-0.4, -0.2) is 30.8 Å². The normalized spacial score (nSPS) is 12.2. The number of rotatable bonds is 5. The topological polar surface area (TPSA) is 58.6 Å². The first kappa shape index (κ1) is 12.8. The van der Waals surface area contributed by atoms with Crippen LogP contribution in [0, 0.1) is 0 Å². The van der Waals surface area contributed by atoms with E-state index in [1.807, 2.05) is 14.0 Å². The van der Waals surface area contributed by atoms with Gasteiger partial charge in [0.05, 0.1) is 10.6 Å². The van der Waals surface area contributed by atoms with Gasteiger partial charge in [-0.2, -0.15) is 0 Å². The highest BCUT2D eigenvalue weighted by atomic mass is 35.5. The van der Waals surface area contributed by atoms with Crippen LogP contribution in [0.1, 0.15) is 17.3 Å². The third-order valence-electron chi connectivity index (χ3n) is 2.16. The Morgan fingerprint density at radius 1 is 1.62 bits per heavy atom. The summed E-state index contributed by atoms with van der Waals surface area (Å²) in [7, 11) is 1.84. The van der Waals surface area contributed by atoms with Gasteiger partial charge in [0.25, 0.3) is 0 Å². The van der Waals surface area contributed by atoms with Crippen LogP contribution in [0.5, 0.6) is 5.75 Å². The van der Waals surface area contributed by atoms with Gasteiger partial charge >= 0.3 is 5.97 Å². The summed E-state index contributed by atoms with van der Waals surface area (Å²) >= 11 is 5.89. The van der Waals surface area contributed by atoms with Crippen molar-refractivity contribution in [1.29, 1.82) is 0 Å². The first-order chi connectivity index (χ1) is 7.54. The number of hydrogen-bond acceptors (Lipinski definition) is 3. The van der Waals surface area contributed by atoms with Crippen molar-refractivity contribution in [3.05, 3.63) is 28.8 Å². The number of benzene rings is 1. The maximum atomic E-state index is 10.7. The molecule has 88 valence electrons. The van der Waals surface area contributed by atoms with E-state index >= 15 is 0 Å². The first-order valence-electron chi connectivity index (χ1n) is 4.87. The Kier molecular flexibility index (Phi) is 4.58. The van der Waals surface area contributed by atoms with Crippen LogP contribution >= 0.6 is 11.6 Å². The lowest BCUT2D eigenvalue weighted by molar-refractivity contribution is 0.0697. The SMILES string of the molecule is CN[C@@H](C)COc1ccc(C(=O)O)cc1Cl. The summed E-state index contributed by atoms with van der Waals surface area (Å²) in [6.07, 6.45) is 0. The summed E-state index contributed by atoms with van der Waals surface area (Å²) in [5, 5.41) is 12.1. The molecule has 1 atom stereocenters. The highest BCUT2D eigenvalue weighted by Gasteiger charge is 2.08. The molecule has 16 heavy (non-hydrogen) atoms. The second kappa shape index (κ2) is 5.72. The van der Waals surface area contributed by atoms with E-state index in [0.29, 0.717) is 17.4 Å². The molecule has 1 aromatic carbocycles. The fourth-order valence-corrected chi connectivity index (χ4v) is 1.28. The van der Waals surface area contributed by atoms with Crippen molar-refractivity contribution in [2.75, 3.05) is 13.7 Å². The number of carboxylic acid groups (broad SMARTS) is 1. The molecule has 0 aliphatic rings. The fourth-order valence-electron chi connectivity index (χ4n) is 1.05.